The number of aryl methyl sites for hydroxylation is 1. The van der Waals surface area contributed by atoms with Crippen molar-refractivity contribution in [3.05, 3.63) is 35.4 Å². The first-order valence-corrected chi connectivity index (χ1v) is 8.09. The quantitative estimate of drug-likeness (QED) is 0.736. The van der Waals surface area contributed by atoms with Crippen LogP contribution in [0.15, 0.2) is 24.0 Å². The molecule has 25 heavy (non-hydrogen) atoms. The van der Waals surface area contributed by atoms with Crippen LogP contribution in [0.25, 0.3) is 10.6 Å². The molecular weight excluding hydrogens is 357 g/mol. The minimum absolute atomic E-state index is 0.0168. The second-order valence-corrected chi connectivity index (χ2v) is 5.40. The summed E-state index contributed by atoms with van der Waals surface area (Å²) >= 11 is 1.19. The summed E-state index contributed by atoms with van der Waals surface area (Å²) in [4.78, 5) is 16.2. The van der Waals surface area contributed by atoms with Crippen molar-refractivity contribution in [3.8, 4) is 10.6 Å². The number of alkyl halides is 3. The van der Waals surface area contributed by atoms with Crippen LogP contribution in [-0.2, 0) is 13.2 Å². The van der Waals surface area contributed by atoms with Crippen molar-refractivity contribution in [1.82, 2.24) is 25.0 Å². The summed E-state index contributed by atoms with van der Waals surface area (Å²) in [5.41, 5.74) is -0.865. The molecule has 3 rings (SSSR count). The lowest BCUT2D eigenvalue weighted by Gasteiger charge is -2.06. The zero-order valence-corrected chi connectivity index (χ0v) is 14.4. The molecule has 0 bridgehead atoms. The third kappa shape index (κ3) is 4.24. The minimum Gasteiger partial charge on any atom is -0.317 e. The van der Waals surface area contributed by atoms with Crippen LogP contribution in [-0.4, -0.2) is 30.9 Å². The van der Waals surface area contributed by atoms with Crippen molar-refractivity contribution in [3.63, 3.8) is 0 Å². The first-order chi connectivity index (χ1) is 11.8. The SMILES string of the molecule is CC.Cn1cc(NC(=O)c2csc(-c3cn[nH]c3)n2)c(C(F)(F)F)n1. The topological polar surface area (TPSA) is 88.5 Å². The van der Waals surface area contributed by atoms with Crippen molar-refractivity contribution in [2.45, 2.75) is 20.0 Å². The van der Waals surface area contributed by atoms with Gasteiger partial charge in [-0.15, -0.1) is 11.3 Å². The highest BCUT2D eigenvalue weighted by molar-refractivity contribution is 7.13. The molecule has 0 saturated carbocycles. The van der Waals surface area contributed by atoms with E-state index < -0.39 is 23.5 Å². The van der Waals surface area contributed by atoms with Gasteiger partial charge in [0.1, 0.15) is 10.7 Å². The monoisotopic (exact) mass is 372 g/mol. The fraction of sp³-hybridized carbons (Fsp3) is 0.286. The van der Waals surface area contributed by atoms with Gasteiger partial charge >= 0.3 is 6.18 Å². The average Bonchev–Trinajstić information content (AvgIpc) is 3.28. The van der Waals surface area contributed by atoms with Crippen molar-refractivity contribution in [1.29, 1.82) is 0 Å². The average molecular weight is 372 g/mol. The molecule has 0 saturated heterocycles. The van der Waals surface area contributed by atoms with E-state index in [0.717, 1.165) is 10.9 Å². The number of nitrogens with zero attached hydrogens (tertiary/aromatic N) is 4. The number of hydrogen-bond acceptors (Lipinski definition) is 5. The number of hydrogen-bond donors (Lipinski definition) is 2. The molecule has 3 aromatic heterocycles. The van der Waals surface area contributed by atoms with Gasteiger partial charge in [-0.25, -0.2) is 4.98 Å². The number of nitrogens with one attached hydrogen (secondary N) is 2. The Morgan fingerprint density at radius 2 is 2.08 bits per heavy atom. The van der Waals surface area contributed by atoms with E-state index in [4.69, 9.17) is 0 Å². The fourth-order valence-corrected chi connectivity index (χ4v) is 2.64. The second kappa shape index (κ2) is 7.47. The summed E-state index contributed by atoms with van der Waals surface area (Å²) < 4.78 is 39.5. The molecule has 0 radical (unpaired) electrons. The number of H-pyrrole nitrogens is 1. The van der Waals surface area contributed by atoms with Gasteiger partial charge in [-0.1, -0.05) is 13.8 Å². The largest absolute Gasteiger partial charge is 0.437 e. The summed E-state index contributed by atoms with van der Waals surface area (Å²) in [5, 5.41) is 13.9. The minimum atomic E-state index is -4.66. The molecule has 0 aliphatic heterocycles. The fourth-order valence-electron chi connectivity index (χ4n) is 1.85. The van der Waals surface area contributed by atoms with Crippen LogP contribution in [0.1, 0.15) is 30.0 Å². The van der Waals surface area contributed by atoms with E-state index in [1.807, 2.05) is 13.8 Å². The summed E-state index contributed by atoms with van der Waals surface area (Å²) in [6.07, 6.45) is -0.440. The Labute approximate surface area is 144 Å². The molecule has 7 nitrogen and oxygen atoms in total. The normalized spacial score (nSPS) is 11.0. The molecule has 11 heteroatoms. The molecule has 2 N–H and O–H groups in total. The van der Waals surface area contributed by atoms with Crippen LogP contribution in [0.3, 0.4) is 0 Å². The number of aromatic nitrogens is 5. The smallest absolute Gasteiger partial charge is 0.317 e. The molecule has 1 amide bonds. The molecule has 0 aliphatic carbocycles. The van der Waals surface area contributed by atoms with Crippen LogP contribution in [0, 0.1) is 0 Å². The number of amides is 1. The van der Waals surface area contributed by atoms with Gasteiger partial charge in [0.05, 0.1) is 11.9 Å². The second-order valence-electron chi connectivity index (χ2n) is 4.54. The predicted octanol–water partition coefficient (Wildman–Crippen LogP) is 3.56. The van der Waals surface area contributed by atoms with E-state index in [2.05, 4.69) is 25.6 Å². The van der Waals surface area contributed by atoms with E-state index in [1.54, 1.807) is 6.20 Å². The first kappa shape index (κ1) is 18.6. The molecule has 0 fully saturated rings. The Bertz CT molecular complexity index is 837. The van der Waals surface area contributed by atoms with Gasteiger partial charge in [0, 0.05) is 30.4 Å². The number of thiazole rings is 1. The molecule has 0 aromatic carbocycles. The van der Waals surface area contributed by atoms with Crippen molar-refractivity contribution in [2.75, 3.05) is 5.32 Å². The van der Waals surface area contributed by atoms with Crippen LogP contribution in [0.4, 0.5) is 18.9 Å². The highest BCUT2D eigenvalue weighted by atomic mass is 32.1. The van der Waals surface area contributed by atoms with Crippen LogP contribution in [0.2, 0.25) is 0 Å². The number of carbonyl (C=O) groups excluding carboxylic acids is 1. The van der Waals surface area contributed by atoms with Crippen molar-refractivity contribution >= 4 is 22.9 Å². The van der Waals surface area contributed by atoms with E-state index in [1.165, 1.54) is 30.0 Å². The summed E-state index contributed by atoms with van der Waals surface area (Å²) in [5.74, 6) is -0.741. The molecule has 134 valence electrons. The number of carbonyl (C=O) groups is 1. The maximum absolute atomic E-state index is 12.9. The van der Waals surface area contributed by atoms with Gasteiger partial charge in [0.15, 0.2) is 5.69 Å². The van der Waals surface area contributed by atoms with Crippen molar-refractivity contribution in [2.24, 2.45) is 7.05 Å². The maximum Gasteiger partial charge on any atom is 0.437 e. The van der Waals surface area contributed by atoms with Crippen molar-refractivity contribution < 1.29 is 18.0 Å². The van der Waals surface area contributed by atoms with Gasteiger partial charge in [-0.2, -0.15) is 23.4 Å². The van der Waals surface area contributed by atoms with Crippen LogP contribution < -0.4 is 5.32 Å². The lowest BCUT2D eigenvalue weighted by molar-refractivity contribution is -0.140. The third-order valence-electron chi connectivity index (χ3n) is 2.83. The van der Waals surface area contributed by atoms with E-state index in [0.29, 0.717) is 10.6 Å². The summed E-state index contributed by atoms with van der Waals surface area (Å²) in [6.45, 7) is 4.00. The van der Waals surface area contributed by atoms with Gasteiger partial charge < -0.3 is 5.32 Å². The van der Waals surface area contributed by atoms with Gasteiger partial charge in [-0.3, -0.25) is 14.6 Å². The molecule has 0 unspecified atom stereocenters. The highest BCUT2D eigenvalue weighted by Crippen LogP contribution is 2.33. The van der Waals surface area contributed by atoms with Crippen LogP contribution >= 0.6 is 11.3 Å². The predicted molar refractivity (Wildman–Crippen MR) is 87.2 cm³/mol. The molecule has 3 heterocycles. The zero-order valence-electron chi connectivity index (χ0n) is 13.5. The molecule has 0 aliphatic rings. The highest BCUT2D eigenvalue weighted by Gasteiger charge is 2.37. The van der Waals surface area contributed by atoms with E-state index in [-0.39, 0.29) is 5.69 Å². The first-order valence-electron chi connectivity index (χ1n) is 7.21. The molecular formula is C14H15F3N6OS. The Kier molecular flexibility index (Phi) is 5.57. The summed E-state index contributed by atoms with van der Waals surface area (Å²) in [6, 6.07) is 0. The molecule has 0 spiro atoms. The Morgan fingerprint density at radius 3 is 2.68 bits per heavy atom. The van der Waals surface area contributed by atoms with Gasteiger partial charge in [-0.05, 0) is 0 Å². The zero-order chi connectivity index (χ0) is 18.6. The third-order valence-corrected chi connectivity index (χ3v) is 3.72. The number of anilines is 1. The Hall–Kier alpha value is -2.69. The molecule has 0 atom stereocenters. The summed E-state index contributed by atoms with van der Waals surface area (Å²) in [7, 11) is 1.34. The molecule has 3 aromatic rings. The number of rotatable bonds is 3. The Morgan fingerprint density at radius 1 is 1.36 bits per heavy atom. The van der Waals surface area contributed by atoms with E-state index in [9.17, 15) is 18.0 Å². The van der Waals surface area contributed by atoms with Gasteiger partial charge in [0.25, 0.3) is 5.91 Å². The van der Waals surface area contributed by atoms with E-state index >= 15 is 0 Å². The number of halogens is 3. The van der Waals surface area contributed by atoms with Gasteiger partial charge in [0.2, 0.25) is 0 Å². The Balaban J connectivity index is 0.00000109. The lowest BCUT2D eigenvalue weighted by Crippen LogP contribution is -2.16. The van der Waals surface area contributed by atoms with Crippen LogP contribution in [0.5, 0.6) is 0 Å². The number of aromatic amines is 1. The lowest BCUT2D eigenvalue weighted by atomic mass is 10.3. The maximum atomic E-state index is 12.9. The standard InChI is InChI=1S/C12H9F3N6OS.C2H6/c1-21-4-7(9(20-21)12(13,14)15)18-10(22)8-5-23-11(19-8)6-2-16-17-3-6;1-2/h2-5H,1H3,(H,16,17)(H,18,22);1-2H3.